The molecule has 3 amide bonds. The van der Waals surface area contributed by atoms with Crippen molar-refractivity contribution >= 4 is 46.1 Å². The number of pyridine rings is 1. The van der Waals surface area contributed by atoms with E-state index >= 15 is 0 Å². The first-order chi connectivity index (χ1) is 21.0. The number of hydrogen-bond donors (Lipinski definition) is 2. The van der Waals surface area contributed by atoms with Gasteiger partial charge in [0, 0.05) is 40.7 Å². The van der Waals surface area contributed by atoms with Crippen LogP contribution >= 0.6 is 23.1 Å². The van der Waals surface area contributed by atoms with Crippen LogP contribution in [0.1, 0.15) is 52.5 Å². The Morgan fingerprint density at radius 3 is 2.44 bits per heavy atom. The van der Waals surface area contributed by atoms with Crippen molar-refractivity contribution in [1.82, 2.24) is 20.2 Å². The lowest BCUT2D eigenvalue weighted by atomic mass is 10.1. The number of carbonyl (C=O) groups is 3. The van der Waals surface area contributed by atoms with Crippen molar-refractivity contribution < 1.29 is 19.1 Å². The highest BCUT2D eigenvalue weighted by Gasteiger charge is 2.43. The number of amides is 3. The van der Waals surface area contributed by atoms with E-state index in [1.165, 1.54) is 28.0 Å². The van der Waals surface area contributed by atoms with Crippen molar-refractivity contribution in [3.05, 3.63) is 101 Å². The number of hydrogen-bond acceptors (Lipinski definition) is 8. The fourth-order valence-electron chi connectivity index (χ4n) is 5.29. The molecule has 220 valence electrons. The van der Waals surface area contributed by atoms with Crippen molar-refractivity contribution in [2.24, 2.45) is 0 Å². The molecule has 11 heteroatoms. The summed E-state index contributed by atoms with van der Waals surface area (Å²) in [5, 5.41) is 7.91. The zero-order chi connectivity index (χ0) is 29.6. The van der Waals surface area contributed by atoms with Crippen molar-refractivity contribution in [2.75, 3.05) is 11.1 Å². The van der Waals surface area contributed by atoms with Gasteiger partial charge in [-0.2, -0.15) is 0 Å². The molecule has 2 aliphatic rings. The lowest BCUT2D eigenvalue weighted by Gasteiger charge is -2.28. The van der Waals surface area contributed by atoms with Gasteiger partial charge in [0.1, 0.15) is 18.0 Å². The molecular weight excluding hydrogens is 583 g/mol. The summed E-state index contributed by atoms with van der Waals surface area (Å²) in [5.74, 6) is 0.0126. The maximum Gasteiger partial charge on any atom is 0.412 e. The van der Waals surface area contributed by atoms with Crippen LogP contribution in [0.3, 0.4) is 0 Å². The average molecular weight is 614 g/mol. The van der Waals surface area contributed by atoms with Gasteiger partial charge in [-0.25, -0.2) is 9.78 Å². The highest BCUT2D eigenvalue weighted by molar-refractivity contribution is 7.99. The zero-order valence-electron chi connectivity index (χ0n) is 23.3. The average Bonchev–Trinajstić information content (AvgIpc) is 3.83. The Bertz CT molecular complexity index is 1560. The van der Waals surface area contributed by atoms with Crippen LogP contribution in [-0.4, -0.2) is 50.6 Å². The minimum absolute atomic E-state index is 0.0592. The molecule has 2 fully saturated rings. The monoisotopic (exact) mass is 613 g/mol. The van der Waals surface area contributed by atoms with Gasteiger partial charge >= 0.3 is 6.09 Å². The summed E-state index contributed by atoms with van der Waals surface area (Å²) >= 11 is 2.81. The largest absolute Gasteiger partial charge is 0.444 e. The third-order valence-electron chi connectivity index (χ3n) is 7.58. The van der Waals surface area contributed by atoms with E-state index in [9.17, 15) is 14.4 Å². The van der Waals surface area contributed by atoms with Crippen LogP contribution < -0.4 is 10.6 Å². The fourth-order valence-corrected chi connectivity index (χ4v) is 7.44. The number of nitrogens with one attached hydrogen (secondary N) is 2. The maximum absolute atomic E-state index is 13.5. The predicted molar refractivity (Wildman–Crippen MR) is 168 cm³/mol. The molecule has 3 heterocycles. The Balaban J connectivity index is 1.12. The number of benzene rings is 2. The van der Waals surface area contributed by atoms with E-state index in [1.807, 2.05) is 60.0 Å². The van der Waals surface area contributed by atoms with Crippen molar-refractivity contribution in [3.8, 4) is 11.3 Å². The van der Waals surface area contributed by atoms with Gasteiger partial charge in [-0.1, -0.05) is 55.3 Å². The number of thioether (sulfide) groups is 1. The van der Waals surface area contributed by atoms with E-state index in [4.69, 9.17) is 4.74 Å². The second-order valence-corrected chi connectivity index (χ2v) is 12.5. The summed E-state index contributed by atoms with van der Waals surface area (Å²) < 4.78 is 5.66. The fraction of sp³-hybridized carbons (Fsp3) is 0.281. The third kappa shape index (κ3) is 6.89. The molecule has 6 rings (SSSR count). The van der Waals surface area contributed by atoms with Crippen LogP contribution in [0.25, 0.3) is 11.3 Å². The summed E-state index contributed by atoms with van der Waals surface area (Å²) in [5.41, 5.74) is 3.87. The van der Waals surface area contributed by atoms with E-state index in [2.05, 4.69) is 20.6 Å². The Morgan fingerprint density at radius 1 is 0.953 bits per heavy atom. The predicted octanol–water partition coefficient (Wildman–Crippen LogP) is 6.27. The first-order valence-corrected chi connectivity index (χ1v) is 16.2. The molecule has 1 saturated carbocycles. The molecule has 0 bridgehead atoms. The van der Waals surface area contributed by atoms with Gasteiger partial charge in [0.05, 0.1) is 5.69 Å². The van der Waals surface area contributed by atoms with E-state index in [1.54, 1.807) is 24.5 Å². The van der Waals surface area contributed by atoms with Crippen LogP contribution in [-0.2, 0) is 16.1 Å². The molecule has 1 aliphatic carbocycles. The van der Waals surface area contributed by atoms with Crippen molar-refractivity contribution in [2.45, 2.75) is 49.7 Å². The summed E-state index contributed by atoms with van der Waals surface area (Å²) in [7, 11) is 0. The molecule has 4 aromatic rings. The number of rotatable bonds is 8. The SMILES string of the molecule is O=C(NC1CCCC1)c1ccc(-c2csc(NC(=O)C3CSC(c4ccncc4)N3C(=O)OCc3ccccc3)n2)cc1. The van der Waals surface area contributed by atoms with Gasteiger partial charge in [-0.15, -0.1) is 23.1 Å². The normalized spacial score (nSPS) is 18.4. The van der Waals surface area contributed by atoms with Crippen LogP contribution in [0.15, 0.2) is 84.5 Å². The van der Waals surface area contributed by atoms with Gasteiger partial charge in [-0.05, 0) is 48.2 Å². The maximum atomic E-state index is 13.5. The van der Waals surface area contributed by atoms with Gasteiger partial charge in [-0.3, -0.25) is 19.5 Å². The number of anilines is 1. The molecule has 1 saturated heterocycles. The summed E-state index contributed by atoms with van der Waals surface area (Å²) in [6.07, 6.45) is 7.17. The number of ether oxygens (including phenoxy) is 1. The van der Waals surface area contributed by atoms with E-state index < -0.39 is 17.5 Å². The van der Waals surface area contributed by atoms with E-state index in [0.29, 0.717) is 22.1 Å². The first-order valence-electron chi connectivity index (χ1n) is 14.2. The number of nitrogens with zero attached hydrogens (tertiary/aromatic N) is 3. The topological polar surface area (TPSA) is 114 Å². The minimum atomic E-state index is -0.753. The molecule has 2 aromatic carbocycles. The summed E-state index contributed by atoms with van der Waals surface area (Å²) in [4.78, 5) is 49.7. The van der Waals surface area contributed by atoms with Crippen molar-refractivity contribution in [3.63, 3.8) is 0 Å². The van der Waals surface area contributed by atoms with Crippen LogP contribution in [0.5, 0.6) is 0 Å². The lowest BCUT2D eigenvalue weighted by Crippen LogP contribution is -2.45. The molecule has 2 atom stereocenters. The van der Waals surface area contributed by atoms with Gasteiger partial charge in [0.2, 0.25) is 5.91 Å². The second kappa shape index (κ2) is 13.4. The second-order valence-electron chi connectivity index (χ2n) is 10.5. The standard InChI is InChI=1S/C32H31N5O4S2/c38-28(34-25-8-4-5-9-25)23-12-10-22(11-13-23)26-19-43-31(35-26)36-29(39)27-20-42-30(24-14-16-33-17-15-24)37(27)32(40)41-18-21-6-2-1-3-7-21/h1-3,6-7,10-17,19,25,27,30H,4-5,8-9,18,20H2,(H,34,38)(H,35,36,39). The highest BCUT2D eigenvalue weighted by atomic mass is 32.2. The smallest absolute Gasteiger partial charge is 0.412 e. The van der Waals surface area contributed by atoms with Crippen LogP contribution in [0.4, 0.5) is 9.93 Å². The summed E-state index contributed by atoms with van der Waals surface area (Å²) in [6.45, 7) is 0.106. The van der Waals surface area contributed by atoms with Gasteiger partial charge in [0.15, 0.2) is 5.13 Å². The first kappa shape index (κ1) is 28.9. The van der Waals surface area contributed by atoms with Crippen LogP contribution in [0.2, 0.25) is 0 Å². The minimum Gasteiger partial charge on any atom is -0.444 e. The zero-order valence-corrected chi connectivity index (χ0v) is 25.0. The molecule has 2 N–H and O–H groups in total. The molecule has 43 heavy (non-hydrogen) atoms. The molecule has 0 radical (unpaired) electrons. The number of aromatic nitrogens is 2. The summed E-state index contributed by atoms with van der Waals surface area (Å²) in [6, 6.07) is 19.9. The Labute approximate surface area is 258 Å². The lowest BCUT2D eigenvalue weighted by molar-refractivity contribution is -0.120. The molecule has 2 aromatic heterocycles. The molecular formula is C32H31N5O4S2. The van der Waals surface area contributed by atoms with Crippen LogP contribution in [0, 0.1) is 0 Å². The number of carbonyl (C=O) groups excluding carboxylic acids is 3. The van der Waals surface area contributed by atoms with Crippen molar-refractivity contribution in [1.29, 1.82) is 0 Å². The number of thiazole rings is 1. The molecule has 9 nitrogen and oxygen atoms in total. The van der Waals surface area contributed by atoms with E-state index in [-0.39, 0.29) is 24.5 Å². The van der Waals surface area contributed by atoms with Gasteiger partial charge in [0.25, 0.3) is 5.91 Å². The Hall–Kier alpha value is -4.22. The quantitative estimate of drug-likeness (QED) is 0.241. The van der Waals surface area contributed by atoms with E-state index in [0.717, 1.165) is 42.4 Å². The third-order valence-corrected chi connectivity index (χ3v) is 9.66. The van der Waals surface area contributed by atoms with Gasteiger partial charge < -0.3 is 15.4 Å². The molecule has 0 spiro atoms. The Morgan fingerprint density at radius 2 is 1.70 bits per heavy atom. The molecule has 2 unspecified atom stereocenters. The Kier molecular flexibility index (Phi) is 8.99. The molecule has 1 aliphatic heterocycles. The highest BCUT2D eigenvalue weighted by Crippen LogP contribution is 2.42.